The van der Waals surface area contributed by atoms with Crippen LogP contribution in [0, 0.1) is 0 Å². The Morgan fingerprint density at radius 3 is 2.67 bits per heavy atom. The molecule has 1 N–H and O–H groups in total. The lowest BCUT2D eigenvalue weighted by molar-refractivity contribution is 0.726. The van der Waals surface area contributed by atoms with Crippen molar-refractivity contribution < 1.29 is 0 Å². The maximum absolute atomic E-state index is 3.15. The van der Waals surface area contributed by atoms with E-state index in [1.807, 2.05) is 7.05 Å². The van der Waals surface area contributed by atoms with Crippen molar-refractivity contribution in [2.24, 2.45) is 0 Å². The Labute approximate surface area is 76.6 Å². The van der Waals surface area contributed by atoms with Crippen molar-refractivity contribution in [2.45, 2.75) is 33.1 Å². The zero-order valence-electron chi connectivity index (χ0n) is 8.56. The molecule has 12 heavy (non-hydrogen) atoms. The van der Waals surface area contributed by atoms with Crippen molar-refractivity contribution >= 4 is 0 Å². The van der Waals surface area contributed by atoms with Crippen molar-refractivity contribution in [3.8, 4) is 0 Å². The Morgan fingerprint density at radius 1 is 1.42 bits per heavy atom. The summed E-state index contributed by atoms with van der Waals surface area (Å²) < 4.78 is 0. The van der Waals surface area contributed by atoms with E-state index in [1.54, 1.807) is 0 Å². The molecule has 0 bridgehead atoms. The van der Waals surface area contributed by atoms with E-state index in [1.165, 1.54) is 18.4 Å². The molecule has 0 heterocycles. The first-order valence-electron chi connectivity index (χ1n) is 4.81. The molecule has 0 amide bonds. The van der Waals surface area contributed by atoms with E-state index in [4.69, 9.17) is 0 Å². The minimum atomic E-state index is 1.11. The van der Waals surface area contributed by atoms with Crippen molar-refractivity contribution in [1.82, 2.24) is 5.32 Å². The molecule has 0 aliphatic heterocycles. The van der Waals surface area contributed by atoms with Gasteiger partial charge >= 0.3 is 0 Å². The highest BCUT2D eigenvalue weighted by atomic mass is 14.8. The summed E-state index contributed by atoms with van der Waals surface area (Å²) >= 11 is 0. The van der Waals surface area contributed by atoms with Crippen molar-refractivity contribution in [3.05, 3.63) is 23.8 Å². The van der Waals surface area contributed by atoms with Crippen LogP contribution in [-0.4, -0.2) is 13.6 Å². The summed E-state index contributed by atoms with van der Waals surface area (Å²) in [6, 6.07) is 0. The summed E-state index contributed by atoms with van der Waals surface area (Å²) in [5.74, 6) is 0. The Morgan fingerprint density at radius 2 is 2.17 bits per heavy atom. The zero-order valence-corrected chi connectivity index (χ0v) is 8.56. The molecule has 0 aliphatic carbocycles. The van der Waals surface area contributed by atoms with Crippen LogP contribution in [0.1, 0.15) is 33.1 Å². The average molecular weight is 167 g/mol. The Bertz CT molecular complexity index is 145. The third-order valence-corrected chi connectivity index (χ3v) is 1.83. The predicted octanol–water partition coefficient (Wildman–Crippen LogP) is 2.90. The summed E-state index contributed by atoms with van der Waals surface area (Å²) in [7, 11) is 2.00. The fraction of sp³-hybridized carbons (Fsp3) is 0.636. The van der Waals surface area contributed by atoms with Crippen LogP contribution >= 0.6 is 0 Å². The third kappa shape index (κ3) is 6.17. The van der Waals surface area contributed by atoms with Gasteiger partial charge in [0.1, 0.15) is 0 Å². The van der Waals surface area contributed by atoms with Crippen molar-refractivity contribution in [2.75, 3.05) is 13.6 Å². The topological polar surface area (TPSA) is 12.0 Å². The highest BCUT2D eigenvalue weighted by molar-refractivity contribution is 5.17. The van der Waals surface area contributed by atoms with E-state index < -0.39 is 0 Å². The Balaban J connectivity index is 3.62. The van der Waals surface area contributed by atoms with Gasteiger partial charge in [0.2, 0.25) is 0 Å². The van der Waals surface area contributed by atoms with Gasteiger partial charge in [-0.05, 0) is 39.8 Å². The van der Waals surface area contributed by atoms with Gasteiger partial charge in [0.25, 0.3) is 0 Å². The van der Waals surface area contributed by atoms with Crippen LogP contribution in [0.25, 0.3) is 0 Å². The molecule has 0 saturated carbocycles. The van der Waals surface area contributed by atoms with Crippen molar-refractivity contribution in [3.63, 3.8) is 0 Å². The summed E-state index contributed by atoms with van der Waals surface area (Å²) in [4.78, 5) is 0. The predicted molar refractivity (Wildman–Crippen MR) is 56.3 cm³/mol. The first-order valence-corrected chi connectivity index (χ1v) is 4.81. The lowest BCUT2D eigenvalue weighted by atomic mass is 10.1. The van der Waals surface area contributed by atoms with E-state index >= 15 is 0 Å². The lowest BCUT2D eigenvalue weighted by Gasteiger charge is -2.00. The molecule has 1 nitrogen and oxygen atoms in total. The van der Waals surface area contributed by atoms with Gasteiger partial charge < -0.3 is 5.32 Å². The summed E-state index contributed by atoms with van der Waals surface area (Å²) in [5, 5.41) is 3.15. The monoisotopic (exact) mass is 167 g/mol. The van der Waals surface area contributed by atoms with Crippen LogP contribution in [0.5, 0.6) is 0 Å². The molecule has 0 fully saturated rings. The minimum absolute atomic E-state index is 1.11. The molecule has 0 atom stereocenters. The third-order valence-electron chi connectivity index (χ3n) is 1.83. The van der Waals surface area contributed by atoms with E-state index in [0.717, 1.165) is 13.0 Å². The Hall–Kier alpha value is -0.560. The summed E-state index contributed by atoms with van der Waals surface area (Å²) in [6.07, 6.45) is 10.2. The molecule has 0 rings (SSSR count). The molecular weight excluding hydrogens is 146 g/mol. The van der Waals surface area contributed by atoms with Gasteiger partial charge in [-0.25, -0.2) is 0 Å². The maximum atomic E-state index is 3.15. The van der Waals surface area contributed by atoms with E-state index in [-0.39, 0.29) is 0 Å². The molecule has 0 aromatic heterocycles. The van der Waals surface area contributed by atoms with Gasteiger partial charge in [-0.2, -0.15) is 0 Å². The van der Waals surface area contributed by atoms with Crippen LogP contribution in [0.15, 0.2) is 23.8 Å². The van der Waals surface area contributed by atoms with Gasteiger partial charge in [-0.3, -0.25) is 0 Å². The molecule has 0 unspecified atom stereocenters. The molecule has 0 spiro atoms. The standard InChI is InChI=1S/C11H21N/c1-4-6-8-11(5-2)9-7-10-12-3/h5-6,8,12H,4,7,9-10H2,1-3H3/b8-6-,11-5+. The fourth-order valence-corrected chi connectivity index (χ4v) is 1.06. The van der Waals surface area contributed by atoms with Crippen LogP contribution in [0.2, 0.25) is 0 Å². The molecule has 1 heteroatoms. The minimum Gasteiger partial charge on any atom is -0.320 e. The van der Waals surface area contributed by atoms with E-state index in [0.29, 0.717) is 0 Å². The molecular formula is C11H21N. The Kier molecular flexibility index (Phi) is 8.14. The first-order chi connectivity index (χ1) is 5.85. The smallest absolute Gasteiger partial charge is 0.00488 e. The van der Waals surface area contributed by atoms with Crippen LogP contribution in [-0.2, 0) is 0 Å². The molecule has 0 aliphatic rings. The SMILES string of the molecule is C/C=C(\C=C/CC)CCCNC. The normalized spacial score (nSPS) is 12.8. The van der Waals surface area contributed by atoms with Crippen molar-refractivity contribution in [1.29, 1.82) is 0 Å². The maximum Gasteiger partial charge on any atom is -0.00488 e. The van der Waals surface area contributed by atoms with Gasteiger partial charge in [0.15, 0.2) is 0 Å². The zero-order chi connectivity index (χ0) is 9.23. The highest BCUT2D eigenvalue weighted by Crippen LogP contribution is 2.06. The van der Waals surface area contributed by atoms with Gasteiger partial charge in [0.05, 0.1) is 0 Å². The van der Waals surface area contributed by atoms with E-state index in [9.17, 15) is 0 Å². The van der Waals surface area contributed by atoms with Crippen LogP contribution in [0.3, 0.4) is 0 Å². The number of rotatable bonds is 6. The number of nitrogens with one attached hydrogen (secondary N) is 1. The van der Waals surface area contributed by atoms with Crippen LogP contribution in [0.4, 0.5) is 0 Å². The first kappa shape index (κ1) is 11.4. The summed E-state index contributed by atoms with van der Waals surface area (Å²) in [6.45, 7) is 5.38. The second-order valence-electron chi connectivity index (χ2n) is 2.88. The molecule has 70 valence electrons. The summed E-state index contributed by atoms with van der Waals surface area (Å²) in [5.41, 5.74) is 1.45. The molecule has 0 radical (unpaired) electrons. The van der Waals surface area contributed by atoms with Crippen LogP contribution < -0.4 is 5.32 Å². The number of allylic oxidation sites excluding steroid dienone is 4. The molecule has 0 aromatic carbocycles. The van der Waals surface area contributed by atoms with Gasteiger partial charge in [0, 0.05) is 0 Å². The fourth-order valence-electron chi connectivity index (χ4n) is 1.06. The lowest BCUT2D eigenvalue weighted by Crippen LogP contribution is -2.07. The quantitative estimate of drug-likeness (QED) is 0.474. The van der Waals surface area contributed by atoms with Gasteiger partial charge in [-0.15, -0.1) is 0 Å². The number of hydrogen-bond donors (Lipinski definition) is 1. The largest absolute Gasteiger partial charge is 0.320 e. The molecule has 0 saturated heterocycles. The highest BCUT2D eigenvalue weighted by Gasteiger charge is 1.89. The van der Waals surface area contributed by atoms with Gasteiger partial charge in [-0.1, -0.05) is 30.7 Å². The number of hydrogen-bond acceptors (Lipinski definition) is 1. The van der Waals surface area contributed by atoms with E-state index in [2.05, 4.69) is 37.4 Å². The second-order valence-corrected chi connectivity index (χ2v) is 2.88. The molecule has 0 aromatic rings. The second kappa shape index (κ2) is 8.54. The average Bonchev–Trinajstić information content (AvgIpc) is 2.11.